The maximum absolute atomic E-state index is 13.5. The van der Waals surface area contributed by atoms with Crippen LogP contribution in [0.25, 0.3) is 0 Å². The number of benzene rings is 4. The molecule has 0 unspecified atom stereocenters. The third-order valence-corrected chi connectivity index (χ3v) is 9.18. The van der Waals surface area contributed by atoms with E-state index in [0.717, 1.165) is 9.87 Å². The number of aryl methyl sites for hydroxylation is 1. The monoisotopic (exact) mass is 595 g/mol. The second kappa shape index (κ2) is 12.3. The van der Waals surface area contributed by atoms with Gasteiger partial charge in [-0.3, -0.25) is 13.8 Å². The number of hydrogen-bond donors (Lipinski definition) is 2. The van der Waals surface area contributed by atoms with E-state index in [1.807, 2.05) is 13.0 Å². The van der Waals surface area contributed by atoms with Crippen LogP contribution in [0.3, 0.4) is 0 Å². The SMILES string of the molecule is COc1ccc(OC)c(NS(=O)(=O)c2ccc(NC(=O)CN(c3cccc(C)c3)S(=O)(=O)c3ccccc3)cc2)c1. The lowest BCUT2D eigenvalue weighted by Gasteiger charge is -2.24. The van der Waals surface area contributed by atoms with Crippen molar-refractivity contribution in [1.82, 2.24) is 0 Å². The summed E-state index contributed by atoms with van der Waals surface area (Å²) < 4.78 is 66.9. The van der Waals surface area contributed by atoms with E-state index < -0.39 is 32.5 Å². The molecule has 0 bridgehead atoms. The fraction of sp³-hybridized carbons (Fsp3) is 0.138. The molecule has 0 aliphatic carbocycles. The van der Waals surface area contributed by atoms with E-state index in [4.69, 9.17) is 9.47 Å². The van der Waals surface area contributed by atoms with Crippen molar-refractivity contribution in [2.24, 2.45) is 0 Å². The summed E-state index contributed by atoms with van der Waals surface area (Å²) in [6.07, 6.45) is 0. The van der Waals surface area contributed by atoms with Gasteiger partial charge in [-0.1, -0.05) is 30.3 Å². The number of methoxy groups -OCH3 is 2. The Kier molecular flexibility index (Phi) is 8.84. The van der Waals surface area contributed by atoms with Crippen molar-refractivity contribution < 1.29 is 31.1 Å². The Morgan fingerprint density at radius 3 is 2.12 bits per heavy atom. The lowest BCUT2D eigenvalue weighted by atomic mass is 10.2. The first-order chi connectivity index (χ1) is 19.5. The van der Waals surface area contributed by atoms with Gasteiger partial charge in [-0.2, -0.15) is 0 Å². The van der Waals surface area contributed by atoms with Crippen LogP contribution in [-0.2, 0) is 24.8 Å². The minimum Gasteiger partial charge on any atom is -0.497 e. The molecule has 0 spiro atoms. The molecule has 0 saturated carbocycles. The molecule has 41 heavy (non-hydrogen) atoms. The lowest BCUT2D eigenvalue weighted by Crippen LogP contribution is -2.38. The number of nitrogens with zero attached hydrogens (tertiary/aromatic N) is 1. The normalized spacial score (nSPS) is 11.4. The van der Waals surface area contributed by atoms with Crippen LogP contribution in [0.15, 0.2) is 107 Å². The van der Waals surface area contributed by atoms with Gasteiger partial charge < -0.3 is 14.8 Å². The predicted octanol–water partition coefficient (Wildman–Crippen LogP) is 4.65. The van der Waals surface area contributed by atoms with E-state index in [9.17, 15) is 21.6 Å². The molecule has 0 radical (unpaired) electrons. The zero-order valence-corrected chi connectivity index (χ0v) is 24.2. The Labute approximate surface area is 239 Å². The Hall–Kier alpha value is -4.55. The van der Waals surface area contributed by atoms with Gasteiger partial charge in [-0.15, -0.1) is 0 Å². The first kappa shape index (κ1) is 29.4. The third-order valence-electron chi connectivity index (χ3n) is 6.01. The maximum atomic E-state index is 13.5. The molecule has 0 aliphatic rings. The summed E-state index contributed by atoms with van der Waals surface area (Å²) in [5.41, 5.74) is 1.65. The summed E-state index contributed by atoms with van der Waals surface area (Å²) in [4.78, 5) is 13.0. The number of anilines is 3. The summed E-state index contributed by atoms with van der Waals surface area (Å²) in [5, 5.41) is 2.65. The molecule has 0 aliphatic heterocycles. The van der Waals surface area contributed by atoms with Crippen LogP contribution < -0.4 is 23.8 Å². The molecule has 10 nitrogen and oxygen atoms in total. The van der Waals surface area contributed by atoms with Crippen LogP contribution in [-0.4, -0.2) is 43.5 Å². The van der Waals surface area contributed by atoms with Crippen LogP contribution in [0.2, 0.25) is 0 Å². The molecule has 0 saturated heterocycles. The van der Waals surface area contributed by atoms with Crippen molar-refractivity contribution in [2.45, 2.75) is 16.7 Å². The average molecular weight is 596 g/mol. The van der Waals surface area contributed by atoms with Crippen LogP contribution in [0.1, 0.15) is 5.56 Å². The van der Waals surface area contributed by atoms with Gasteiger partial charge in [0.05, 0.1) is 35.4 Å². The molecule has 0 fully saturated rings. The molecule has 0 atom stereocenters. The first-order valence-corrected chi connectivity index (χ1v) is 15.2. The fourth-order valence-corrected chi connectivity index (χ4v) is 6.46. The molecule has 4 aromatic carbocycles. The number of amides is 1. The zero-order chi connectivity index (χ0) is 29.6. The van der Waals surface area contributed by atoms with Crippen molar-refractivity contribution in [3.8, 4) is 11.5 Å². The van der Waals surface area contributed by atoms with Gasteiger partial charge in [0, 0.05) is 11.8 Å². The second-order valence-corrected chi connectivity index (χ2v) is 12.5. The Bertz CT molecular complexity index is 1740. The number of carbonyl (C=O) groups excluding carboxylic acids is 1. The van der Waals surface area contributed by atoms with Gasteiger partial charge in [0.2, 0.25) is 5.91 Å². The largest absolute Gasteiger partial charge is 0.497 e. The van der Waals surface area contributed by atoms with Crippen LogP contribution in [0, 0.1) is 6.92 Å². The minimum atomic E-state index is -4.06. The molecule has 12 heteroatoms. The smallest absolute Gasteiger partial charge is 0.264 e. The van der Waals surface area contributed by atoms with E-state index in [-0.39, 0.29) is 21.2 Å². The van der Waals surface area contributed by atoms with Crippen LogP contribution >= 0.6 is 0 Å². The number of sulfonamides is 2. The molecule has 4 aromatic rings. The quantitative estimate of drug-likeness (QED) is 0.258. The van der Waals surface area contributed by atoms with Crippen molar-refractivity contribution in [3.05, 3.63) is 103 Å². The molecule has 1 amide bonds. The summed E-state index contributed by atoms with van der Waals surface area (Å²) in [5.74, 6) is 0.137. The highest BCUT2D eigenvalue weighted by molar-refractivity contribution is 7.93. The molecular formula is C29H29N3O7S2. The zero-order valence-electron chi connectivity index (χ0n) is 22.6. The highest BCUT2D eigenvalue weighted by atomic mass is 32.2. The predicted molar refractivity (Wildman–Crippen MR) is 158 cm³/mol. The molecule has 0 heterocycles. The summed E-state index contributed by atoms with van der Waals surface area (Å²) in [6.45, 7) is 1.32. The fourth-order valence-electron chi connectivity index (χ4n) is 3.96. The van der Waals surface area contributed by atoms with Crippen LogP contribution in [0.5, 0.6) is 11.5 Å². The van der Waals surface area contributed by atoms with Gasteiger partial charge >= 0.3 is 0 Å². The van der Waals surface area contributed by atoms with E-state index in [1.54, 1.807) is 48.5 Å². The Balaban J connectivity index is 1.53. The number of rotatable bonds is 11. The molecule has 2 N–H and O–H groups in total. The number of nitrogens with one attached hydrogen (secondary N) is 2. The topological polar surface area (TPSA) is 131 Å². The minimum absolute atomic E-state index is 0.0454. The molecule has 214 valence electrons. The Morgan fingerprint density at radius 2 is 1.49 bits per heavy atom. The summed E-state index contributed by atoms with van der Waals surface area (Å²) in [7, 11) is -5.19. The second-order valence-electron chi connectivity index (χ2n) is 8.91. The maximum Gasteiger partial charge on any atom is 0.264 e. The van der Waals surface area contributed by atoms with E-state index >= 15 is 0 Å². The molecule has 0 aromatic heterocycles. The van der Waals surface area contributed by atoms with Gasteiger partial charge in [0.25, 0.3) is 20.0 Å². The highest BCUT2D eigenvalue weighted by Crippen LogP contribution is 2.31. The van der Waals surface area contributed by atoms with Crippen molar-refractivity contribution in [3.63, 3.8) is 0 Å². The summed E-state index contributed by atoms with van der Waals surface area (Å²) >= 11 is 0. The van der Waals surface area contributed by atoms with E-state index in [0.29, 0.717) is 17.2 Å². The first-order valence-electron chi connectivity index (χ1n) is 12.3. The van der Waals surface area contributed by atoms with Crippen LogP contribution in [0.4, 0.5) is 17.1 Å². The number of carbonyl (C=O) groups is 1. The van der Waals surface area contributed by atoms with Gasteiger partial charge in [0.1, 0.15) is 18.0 Å². The van der Waals surface area contributed by atoms with E-state index in [1.165, 1.54) is 56.7 Å². The van der Waals surface area contributed by atoms with Crippen molar-refractivity contribution in [2.75, 3.05) is 35.1 Å². The number of ether oxygens (including phenoxy) is 2. The van der Waals surface area contributed by atoms with Gasteiger partial charge in [0.15, 0.2) is 0 Å². The van der Waals surface area contributed by atoms with Gasteiger partial charge in [-0.05, 0) is 73.2 Å². The van der Waals surface area contributed by atoms with Gasteiger partial charge in [-0.25, -0.2) is 16.8 Å². The molecular weight excluding hydrogens is 566 g/mol. The van der Waals surface area contributed by atoms with Crippen molar-refractivity contribution >= 4 is 43.0 Å². The standard InChI is InChI=1S/C29H29N3O7S2/c1-21-8-7-9-23(18-21)32(41(36,37)26-10-5-4-6-11-26)20-29(33)30-22-12-15-25(16-13-22)40(34,35)31-27-19-24(38-2)14-17-28(27)39-3/h4-19,31H,20H2,1-3H3,(H,30,33). The highest BCUT2D eigenvalue weighted by Gasteiger charge is 2.27. The lowest BCUT2D eigenvalue weighted by molar-refractivity contribution is -0.114. The van der Waals surface area contributed by atoms with Crippen molar-refractivity contribution in [1.29, 1.82) is 0 Å². The summed E-state index contributed by atoms with van der Waals surface area (Å²) in [6, 6.07) is 24.9. The Morgan fingerprint density at radius 1 is 0.780 bits per heavy atom. The molecule has 4 rings (SSSR count). The average Bonchev–Trinajstić information content (AvgIpc) is 2.96. The third kappa shape index (κ3) is 6.97. The number of hydrogen-bond acceptors (Lipinski definition) is 7. The van der Waals surface area contributed by atoms with E-state index in [2.05, 4.69) is 10.0 Å².